The van der Waals surface area contributed by atoms with Gasteiger partial charge in [-0.2, -0.15) is 0 Å². The highest BCUT2D eigenvalue weighted by Gasteiger charge is 2.51. The van der Waals surface area contributed by atoms with Gasteiger partial charge in [0, 0.05) is 56.1 Å². The lowest BCUT2D eigenvalue weighted by atomic mass is 9.79. The van der Waals surface area contributed by atoms with E-state index in [0.29, 0.717) is 0 Å². The predicted octanol–water partition coefficient (Wildman–Crippen LogP) is 3.58. The average molecular weight is 524 g/mol. The van der Waals surface area contributed by atoms with Crippen LogP contribution >= 0.6 is 0 Å². The summed E-state index contributed by atoms with van der Waals surface area (Å²) in [7, 11) is 1.46. The number of piperazine rings is 1. The van der Waals surface area contributed by atoms with Gasteiger partial charge in [-0.15, -0.1) is 0 Å². The van der Waals surface area contributed by atoms with Crippen molar-refractivity contribution >= 4 is 24.2 Å². The number of amides is 1. The Hall–Kier alpha value is -2.29. The molecule has 2 heterocycles. The molecule has 3 aliphatic rings. The van der Waals surface area contributed by atoms with Crippen LogP contribution in [0.15, 0.2) is 47.7 Å². The third-order valence-electron chi connectivity index (χ3n) is 8.98. The molecule has 1 N–H and O–H groups in total. The van der Waals surface area contributed by atoms with Crippen LogP contribution in [0.3, 0.4) is 0 Å². The van der Waals surface area contributed by atoms with E-state index in [-0.39, 0.29) is 36.2 Å². The minimum Gasteiger partial charge on any atom is -0.399 e. The molecule has 208 valence electrons. The number of hydrogen-bond donors (Lipinski definition) is 1. The number of anilines is 1. The third kappa shape index (κ3) is 5.68. The van der Waals surface area contributed by atoms with Gasteiger partial charge in [0.05, 0.1) is 23.3 Å². The second-order valence-electron chi connectivity index (χ2n) is 12.2. The van der Waals surface area contributed by atoms with Crippen LogP contribution in [0, 0.1) is 5.92 Å². The van der Waals surface area contributed by atoms with E-state index in [4.69, 9.17) is 9.31 Å². The molecular weight excluding hydrogens is 477 g/mol. The molecule has 2 aliphatic heterocycles. The summed E-state index contributed by atoms with van der Waals surface area (Å²) in [5.74, 6) is 0.304. The molecule has 0 saturated carbocycles. The fraction of sp³-hybridized carbons (Fsp3) is 0.633. The smallest absolute Gasteiger partial charge is 0.399 e. The monoisotopic (exact) mass is 523 g/mol. The minimum absolute atomic E-state index is 0.0219. The first-order valence-electron chi connectivity index (χ1n) is 14.2. The molecule has 1 amide bonds. The van der Waals surface area contributed by atoms with Crippen molar-refractivity contribution < 1.29 is 19.2 Å². The van der Waals surface area contributed by atoms with Crippen molar-refractivity contribution in [2.45, 2.75) is 84.7 Å². The van der Waals surface area contributed by atoms with E-state index in [1.807, 2.05) is 13.0 Å². The largest absolute Gasteiger partial charge is 0.494 e. The Morgan fingerprint density at radius 2 is 1.61 bits per heavy atom. The minimum atomic E-state index is -0.544. The standard InChI is InChI=1S/C30H46BN3O4/c1-9-26(22(3)35)32(8)28(36)23-10-15-27(21(2)20-23)34-18-16-33(17-19-34)25-13-11-24(12-14-25)31-37-29(4,5)30(6,7)38-31/h10-15,21-22,26,35H,9,16-20H2,1-8H3/t21?,22-,26-/m0/s1. The van der Waals surface area contributed by atoms with Gasteiger partial charge in [-0.05, 0) is 71.1 Å². The number of carbonyl (C=O) groups excluding carboxylic acids is 1. The van der Waals surface area contributed by atoms with Crippen LogP contribution in [0.4, 0.5) is 5.69 Å². The van der Waals surface area contributed by atoms with Crippen molar-refractivity contribution in [3.63, 3.8) is 0 Å². The first-order chi connectivity index (χ1) is 17.8. The molecule has 0 bridgehead atoms. The van der Waals surface area contributed by atoms with Gasteiger partial charge in [0.2, 0.25) is 5.91 Å². The van der Waals surface area contributed by atoms with Gasteiger partial charge in [0.1, 0.15) is 0 Å². The van der Waals surface area contributed by atoms with Crippen molar-refractivity contribution in [1.82, 2.24) is 9.80 Å². The average Bonchev–Trinajstić information content (AvgIpc) is 3.10. The Morgan fingerprint density at radius 1 is 1.05 bits per heavy atom. The van der Waals surface area contributed by atoms with E-state index in [9.17, 15) is 9.90 Å². The second kappa shape index (κ2) is 11.1. The maximum absolute atomic E-state index is 13.1. The molecule has 1 aromatic rings. The number of hydrogen-bond acceptors (Lipinski definition) is 6. The quantitative estimate of drug-likeness (QED) is 0.552. The van der Waals surface area contributed by atoms with Crippen LogP contribution in [0.25, 0.3) is 0 Å². The SMILES string of the molecule is CC[C@@H]([C@H](C)O)N(C)C(=O)C1=CC=C(N2CCN(c3ccc(B4OC(C)(C)C(C)(C)O4)cc3)CC2)C(C)C1. The van der Waals surface area contributed by atoms with E-state index < -0.39 is 6.10 Å². The van der Waals surface area contributed by atoms with Crippen LogP contribution in [-0.2, 0) is 14.1 Å². The Morgan fingerprint density at radius 3 is 2.11 bits per heavy atom. The lowest BCUT2D eigenvalue weighted by molar-refractivity contribution is -0.130. The Bertz CT molecular complexity index is 1040. The number of rotatable bonds is 7. The highest BCUT2D eigenvalue weighted by molar-refractivity contribution is 6.62. The fourth-order valence-corrected chi connectivity index (χ4v) is 5.79. The van der Waals surface area contributed by atoms with Gasteiger partial charge in [0.15, 0.2) is 0 Å². The number of carbonyl (C=O) groups is 1. The molecule has 0 radical (unpaired) electrons. The van der Waals surface area contributed by atoms with Crippen molar-refractivity contribution in [1.29, 1.82) is 0 Å². The van der Waals surface area contributed by atoms with Crippen LogP contribution < -0.4 is 10.4 Å². The summed E-state index contributed by atoms with van der Waals surface area (Å²) in [6.07, 6.45) is 5.04. The summed E-state index contributed by atoms with van der Waals surface area (Å²) in [5.41, 5.74) is 3.72. The second-order valence-corrected chi connectivity index (χ2v) is 12.2. The zero-order valence-corrected chi connectivity index (χ0v) is 24.5. The molecule has 3 atom stereocenters. The van der Waals surface area contributed by atoms with E-state index in [2.05, 4.69) is 74.8 Å². The van der Waals surface area contributed by atoms with Crippen LogP contribution in [-0.4, -0.2) is 84.5 Å². The number of allylic oxidation sites excluding steroid dienone is 3. The number of benzene rings is 1. The topological polar surface area (TPSA) is 65.5 Å². The first-order valence-corrected chi connectivity index (χ1v) is 14.2. The Balaban J connectivity index is 1.35. The van der Waals surface area contributed by atoms with Crippen molar-refractivity contribution in [2.24, 2.45) is 5.92 Å². The van der Waals surface area contributed by atoms with Gasteiger partial charge < -0.3 is 29.1 Å². The first kappa shape index (κ1) is 28.7. The fourth-order valence-electron chi connectivity index (χ4n) is 5.79. The molecule has 1 aromatic carbocycles. The van der Waals surface area contributed by atoms with Crippen molar-refractivity contribution in [2.75, 3.05) is 38.1 Å². The Labute approximate surface area is 229 Å². The van der Waals surface area contributed by atoms with Gasteiger partial charge >= 0.3 is 7.12 Å². The highest BCUT2D eigenvalue weighted by atomic mass is 16.7. The maximum Gasteiger partial charge on any atom is 0.494 e. The maximum atomic E-state index is 13.1. The molecule has 0 spiro atoms. The summed E-state index contributed by atoms with van der Waals surface area (Å²) in [6.45, 7) is 18.1. The van der Waals surface area contributed by atoms with E-state index in [1.54, 1.807) is 18.9 Å². The number of likely N-dealkylation sites (N-methyl/N-ethyl adjacent to an activating group) is 1. The normalized spacial score (nSPS) is 24.6. The zero-order chi connectivity index (χ0) is 27.8. The summed E-state index contributed by atoms with van der Waals surface area (Å²) in [4.78, 5) is 19.7. The third-order valence-corrected chi connectivity index (χ3v) is 8.98. The molecule has 7 nitrogen and oxygen atoms in total. The van der Waals surface area contributed by atoms with Crippen LogP contribution in [0.2, 0.25) is 0 Å². The predicted molar refractivity (Wildman–Crippen MR) is 154 cm³/mol. The van der Waals surface area contributed by atoms with Crippen molar-refractivity contribution in [3.05, 3.63) is 47.7 Å². The lowest BCUT2D eigenvalue weighted by Gasteiger charge is -2.41. The van der Waals surface area contributed by atoms with Gasteiger partial charge in [-0.25, -0.2) is 0 Å². The van der Waals surface area contributed by atoms with Gasteiger partial charge in [0.25, 0.3) is 0 Å². The zero-order valence-electron chi connectivity index (χ0n) is 24.5. The summed E-state index contributed by atoms with van der Waals surface area (Å²) in [5, 5.41) is 10.1. The van der Waals surface area contributed by atoms with Crippen molar-refractivity contribution in [3.8, 4) is 0 Å². The van der Waals surface area contributed by atoms with Crippen LogP contribution in [0.1, 0.15) is 61.3 Å². The van der Waals surface area contributed by atoms with E-state index >= 15 is 0 Å². The molecule has 2 fully saturated rings. The van der Waals surface area contributed by atoms with Gasteiger partial charge in [-0.3, -0.25) is 4.79 Å². The van der Waals surface area contributed by atoms with Gasteiger partial charge in [-0.1, -0.05) is 32.1 Å². The molecule has 0 aromatic heterocycles. The molecule has 1 unspecified atom stereocenters. The summed E-state index contributed by atoms with van der Waals surface area (Å²) in [6, 6.07) is 8.43. The van der Waals surface area contributed by atoms with Crippen LogP contribution in [0.5, 0.6) is 0 Å². The Kier molecular flexibility index (Phi) is 8.36. The molecule has 2 saturated heterocycles. The summed E-state index contributed by atoms with van der Waals surface area (Å²) >= 11 is 0. The lowest BCUT2D eigenvalue weighted by Crippen LogP contribution is -2.47. The number of aliphatic hydroxyl groups is 1. The summed E-state index contributed by atoms with van der Waals surface area (Å²) < 4.78 is 12.4. The molecule has 8 heteroatoms. The molecule has 4 rings (SSSR count). The number of nitrogens with zero attached hydrogens (tertiary/aromatic N) is 3. The van der Waals surface area contributed by atoms with E-state index in [0.717, 1.165) is 50.1 Å². The molecule has 38 heavy (non-hydrogen) atoms. The molecular formula is C30H46BN3O4. The highest BCUT2D eigenvalue weighted by Crippen LogP contribution is 2.36. The van der Waals surface area contributed by atoms with E-state index in [1.165, 1.54) is 11.4 Å². The molecule has 1 aliphatic carbocycles. The number of aliphatic hydroxyl groups excluding tert-OH is 1.